The molecule has 0 unspecified atom stereocenters. The zero-order valence-corrected chi connectivity index (χ0v) is 16.4. The van der Waals surface area contributed by atoms with E-state index in [0.29, 0.717) is 17.7 Å². The van der Waals surface area contributed by atoms with E-state index < -0.39 is 5.60 Å². The van der Waals surface area contributed by atoms with Crippen molar-refractivity contribution in [1.29, 1.82) is 0 Å². The molecule has 0 saturated heterocycles. The Kier molecular flexibility index (Phi) is 4.46. The van der Waals surface area contributed by atoms with Gasteiger partial charge in [0.1, 0.15) is 0 Å². The molecule has 0 spiro atoms. The van der Waals surface area contributed by atoms with E-state index in [4.69, 9.17) is 0 Å². The van der Waals surface area contributed by atoms with Crippen LogP contribution in [0.5, 0.6) is 0 Å². The molecule has 0 aliphatic carbocycles. The number of anilines is 1. The van der Waals surface area contributed by atoms with Crippen molar-refractivity contribution in [2.24, 2.45) is 0 Å². The smallest absolute Gasteiger partial charge is 0.268 e. The summed E-state index contributed by atoms with van der Waals surface area (Å²) in [4.78, 5) is 15.3. The third kappa shape index (κ3) is 2.92. The number of rotatable bonds is 4. The first kappa shape index (κ1) is 18.3. The van der Waals surface area contributed by atoms with Crippen molar-refractivity contribution < 1.29 is 9.90 Å². The number of carbonyl (C=O) groups is 1. The van der Waals surface area contributed by atoms with Gasteiger partial charge in [0.15, 0.2) is 5.60 Å². The van der Waals surface area contributed by atoms with Gasteiger partial charge in [0.25, 0.3) is 5.91 Å². The molecule has 4 aromatic carbocycles. The highest BCUT2D eigenvalue weighted by Gasteiger charge is 2.51. The monoisotopic (exact) mass is 391 g/mol. The molecular weight excluding hydrogens is 370 g/mol. The lowest BCUT2D eigenvalue weighted by molar-refractivity contribution is -0.132. The molecule has 0 fully saturated rings. The third-order valence-corrected chi connectivity index (χ3v) is 5.71. The minimum absolute atomic E-state index is 0.322. The van der Waals surface area contributed by atoms with Crippen LogP contribution in [0.1, 0.15) is 16.7 Å². The van der Waals surface area contributed by atoms with E-state index in [1.165, 1.54) is 0 Å². The molecule has 1 aliphatic heterocycles. The molecule has 1 amide bonds. The van der Waals surface area contributed by atoms with Gasteiger partial charge >= 0.3 is 0 Å². The maximum atomic E-state index is 13.6. The van der Waals surface area contributed by atoms with Crippen molar-refractivity contribution in [2.45, 2.75) is 12.1 Å². The standard InChI is InChI=1S/C27H21NO2/c29-26-27(30,23-14-8-3-9-15-23)24-18-22(21-12-6-2-7-13-21)16-17-25(24)28(26)19-20-10-4-1-5-11-20/h1-18,30H,19H2/t27-/m1/s1. The highest BCUT2D eigenvalue weighted by molar-refractivity contribution is 6.09. The third-order valence-electron chi connectivity index (χ3n) is 5.71. The van der Waals surface area contributed by atoms with Gasteiger partial charge in [0.2, 0.25) is 0 Å². The zero-order valence-electron chi connectivity index (χ0n) is 16.4. The maximum Gasteiger partial charge on any atom is 0.268 e. The van der Waals surface area contributed by atoms with Crippen LogP contribution in [0.4, 0.5) is 5.69 Å². The lowest BCUT2D eigenvalue weighted by atomic mass is 9.86. The number of amides is 1. The topological polar surface area (TPSA) is 40.5 Å². The Morgan fingerprint density at radius 3 is 1.97 bits per heavy atom. The van der Waals surface area contributed by atoms with Gasteiger partial charge < -0.3 is 10.0 Å². The molecule has 0 saturated carbocycles. The van der Waals surface area contributed by atoms with Crippen molar-refractivity contribution >= 4 is 11.6 Å². The number of benzene rings is 4. The summed E-state index contributed by atoms with van der Waals surface area (Å²) >= 11 is 0. The number of aliphatic hydroxyl groups is 1. The predicted octanol–water partition coefficient (Wildman–Crippen LogP) is 5.14. The van der Waals surface area contributed by atoms with Crippen molar-refractivity contribution in [1.82, 2.24) is 0 Å². The predicted molar refractivity (Wildman–Crippen MR) is 119 cm³/mol. The fourth-order valence-electron chi connectivity index (χ4n) is 4.17. The van der Waals surface area contributed by atoms with Crippen LogP contribution in [0.3, 0.4) is 0 Å². The van der Waals surface area contributed by atoms with E-state index in [-0.39, 0.29) is 5.91 Å². The van der Waals surface area contributed by atoms with Crippen molar-refractivity contribution in [2.75, 3.05) is 4.90 Å². The molecule has 5 rings (SSSR count). The summed E-state index contributed by atoms with van der Waals surface area (Å²) in [6, 6.07) is 35.0. The highest BCUT2D eigenvalue weighted by atomic mass is 16.3. The van der Waals surface area contributed by atoms with Gasteiger partial charge in [-0.1, -0.05) is 97.1 Å². The van der Waals surface area contributed by atoms with Crippen LogP contribution in [0.15, 0.2) is 109 Å². The molecule has 0 aromatic heterocycles. The fraction of sp³-hybridized carbons (Fsp3) is 0.0741. The molecule has 4 aromatic rings. The number of carbonyl (C=O) groups excluding carboxylic acids is 1. The first-order chi connectivity index (χ1) is 14.7. The molecule has 30 heavy (non-hydrogen) atoms. The van der Waals surface area contributed by atoms with E-state index in [9.17, 15) is 9.90 Å². The Hall–Kier alpha value is -3.69. The summed E-state index contributed by atoms with van der Waals surface area (Å²) in [5.41, 5.74) is 3.27. The molecule has 1 N–H and O–H groups in total. The molecule has 1 heterocycles. The van der Waals surface area contributed by atoms with Gasteiger partial charge in [-0.2, -0.15) is 0 Å². The highest BCUT2D eigenvalue weighted by Crippen LogP contribution is 2.46. The van der Waals surface area contributed by atoms with Crippen LogP contribution in [-0.4, -0.2) is 11.0 Å². The van der Waals surface area contributed by atoms with Crippen molar-refractivity contribution in [3.63, 3.8) is 0 Å². The summed E-state index contributed by atoms with van der Waals surface area (Å²) < 4.78 is 0. The fourth-order valence-corrected chi connectivity index (χ4v) is 4.17. The number of hydrogen-bond acceptors (Lipinski definition) is 2. The summed E-state index contributed by atoms with van der Waals surface area (Å²) in [5.74, 6) is -0.322. The Morgan fingerprint density at radius 2 is 1.30 bits per heavy atom. The van der Waals surface area contributed by atoms with E-state index in [1.807, 2.05) is 109 Å². The Balaban J connectivity index is 1.67. The van der Waals surface area contributed by atoms with Crippen LogP contribution >= 0.6 is 0 Å². The number of fused-ring (bicyclic) bond motifs is 1. The SMILES string of the molecule is O=C1N(Cc2ccccc2)c2ccc(-c3ccccc3)cc2[C@]1(O)c1ccccc1. The molecule has 0 radical (unpaired) electrons. The summed E-state index contributed by atoms with van der Waals surface area (Å²) in [7, 11) is 0. The quantitative estimate of drug-likeness (QED) is 0.523. The Morgan fingerprint density at radius 1 is 0.700 bits per heavy atom. The second kappa shape index (κ2) is 7.29. The number of nitrogens with zero attached hydrogens (tertiary/aromatic N) is 1. The van der Waals surface area contributed by atoms with Gasteiger partial charge in [-0.3, -0.25) is 4.79 Å². The van der Waals surface area contributed by atoms with E-state index in [1.54, 1.807) is 4.90 Å². The lowest BCUT2D eigenvalue weighted by Gasteiger charge is -2.24. The van der Waals surface area contributed by atoms with Gasteiger partial charge in [-0.05, 0) is 34.4 Å². The lowest BCUT2D eigenvalue weighted by Crippen LogP contribution is -2.40. The van der Waals surface area contributed by atoms with Crippen LogP contribution in [0.25, 0.3) is 11.1 Å². The largest absolute Gasteiger partial charge is 0.372 e. The summed E-state index contributed by atoms with van der Waals surface area (Å²) in [6.07, 6.45) is 0. The second-order valence-electron chi connectivity index (χ2n) is 7.55. The minimum Gasteiger partial charge on any atom is -0.372 e. The Bertz CT molecular complexity index is 1190. The molecular formula is C27H21NO2. The van der Waals surface area contributed by atoms with E-state index in [2.05, 4.69) is 0 Å². The molecule has 1 atom stereocenters. The average molecular weight is 391 g/mol. The summed E-state index contributed by atoms with van der Waals surface area (Å²) in [5, 5.41) is 11.8. The maximum absolute atomic E-state index is 13.6. The van der Waals surface area contributed by atoms with Crippen LogP contribution in [0.2, 0.25) is 0 Å². The second-order valence-corrected chi connectivity index (χ2v) is 7.55. The molecule has 146 valence electrons. The van der Waals surface area contributed by atoms with Gasteiger partial charge in [0, 0.05) is 5.56 Å². The van der Waals surface area contributed by atoms with Crippen molar-refractivity contribution in [3.05, 3.63) is 126 Å². The molecule has 3 nitrogen and oxygen atoms in total. The first-order valence-electron chi connectivity index (χ1n) is 10.0. The zero-order chi connectivity index (χ0) is 20.6. The Labute approximate surface area is 175 Å². The normalized spacial score (nSPS) is 17.8. The molecule has 0 bridgehead atoms. The van der Waals surface area contributed by atoms with Gasteiger partial charge in [-0.15, -0.1) is 0 Å². The first-order valence-corrected chi connectivity index (χ1v) is 10.0. The van der Waals surface area contributed by atoms with Crippen LogP contribution in [-0.2, 0) is 16.9 Å². The van der Waals surface area contributed by atoms with E-state index in [0.717, 1.165) is 22.4 Å². The number of hydrogen-bond donors (Lipinski definition) is 1. The van der Waals surface area contributed by atoms with Crippen LogP contribution < -0.4 is 4.90 Å². The molecule has 3 heteroatoms. The average Bonchev–Trinajstić information content (AvgIpc) is 3.03. The summed E-state index contributed by atoms with van der Waals surface area (Å²) in [6.45, 7) is 0.409. The molecule has 1 aliphatic rings. The van der Waals surface area contributed by atoms with Gasteiger partial charge in [-0.25, -0.2) is 0 Å². The van der Waals surface area contributed by atoms with Crippen LogP contribution in [0, 0.1) is 0 Å². The van der Waals surface area contributed by atoms with E-state index >= 15 is 0 Å². The minimum atomic E-state index is -1.71. The van der Waals surface area contributed by atoms with Crippen molar-refractivity contribution in [3.8, 4) is 11.1 Å². The van der Waals surface area contributed by atoms with Gasteiger partial charge in [0.05, 0.1) is 12.2 Å².